The highest BCUT2D eigenvalue weighted by molar-refractivity contribution is 6.31. The lowest BCUT2D eigenvalue weighted by Gasteiger charge is -2.13. The Morgan fingerprint density at radius 2 is 2.06 bits per heavy atom. The highest BCUT2D eigenvalue weighted by Gasteiger charge is 2.12. The lowest BCUT2D eigenvalue weighted by molar-refractivity contribution is 0.179. The number of para-hydroxylation sites is 1. The van der Waals surface area contributed by atoms with Gasteiger partial charge in [-0.1, -0.05) is 29.8 Å². The van der Waals surface area contributed by atoms with Gasteiger partial charge in [-0.25, -0.2) is 0 Å². The minimum absolute atomic E-state index is 0.426. The summed E-state index contributed by atoms with van der Waals surface area (Å²) in [4.78, 5) is 3.90. The van der Waals surface area contributed by atoms with Crippen LogP contribution in [0.2, 0.25) is 5.02 Å². The molecule has 3 nitrogen and oxygen atoms in total. The van der Waals surface area contributed by atoms with E-state index in [9.17, 15) is 5.11 Å². The summed E-state index contributed by atoms with van der Waals surface area (Å²) in [6.07, 6.45) is 2.99. The lowest BCUT2D eigenvalue weighted by Crippen LogP contribution is -2.05. The number of aromatic nitrogens is 1. The predicted molar refractivity (Wildman–Crippen MR) is 68.8 cm³/mol. The van der Waals surface area contributed by atoms with E-state index in [1.54, 1.807) is 24.5 Å². The van der Waals surface area contributed by atoms with Crippen LogP contribution >= 0.6 is 11.6 Å². The maximum Gasteiger partial charge on any atom is 0.0850 e. The maximum absolute atomic E-state index is 10.1. The van der Waals surface area contributed by atoms with Crippen LogP contribution in [0.4, 0.5) is 5.69 Å². The molecule has 17 heavy (non-hydrogen) atoms. The lowest BCUT2D eigenvalue weighted by atomic mass is 10.0. The summed E-state index contributed by atoms with van der Waals surface area (Å²) in [5.74, 6) is 0. The number of nitrogens with zero attached hydrogens (tertiary/aromatic N) is 1. The summed E-state index contributed by atoms with van der Waals surface area (Å²) < 4.78 is 0. The Bertz CT molecular complexity index is 516. The SMILES string of the molecule is Nc1ccccc1C(O)Cc1ccncc1Cl. The van der Waals surface area contributed by atoms with Crippen molar-refractivity contribution in [1.29, 1.82) is 0 Å². The Morgan fingerprint density at radius 3 is 2.76 bits per heavy atom. The second kappa shape index (κ2) is 5.17. The van der Waals surface area contributed by atoms with Gasteiger partial charge in [0.15, 0.2) is 0 Å². The minimum atomic E-state index is -0.656. The molecule has 0 fully saturated rings. The molecule has 0 bridgehead atoms. The Labute approximate surface area is 105 Å². The first-order valence-corrected chi connectivity index (χ1v) is 5.67. The Hall–Kier alpha value is -1.58. The van der Waals surface area contributed by atoms with Gasteiger partial charge in [-0.2, -0.15) is 0 Å². The number of anilines is 1. The van der Waals surface area contributed by atoms with Gasteiger partial charge >= 0.3 is 0 Å². The van der Waals surface area contributed by atoms with Crippen molar-refractivity contribution in [3.63, 3.8) is 0 Å². The van der Waals surface area contributed by atoms with Crippen molar-refractivity contribution in [3.05, 3.63) is 58.9 Å². The van der Waals surface area contributed by atoms with Gasteiger partial charge in [0.25, 0.3) is 0 Å². The fourth-order valence-corrected chi connectivity index (χ4v) is 1.90. The molecule has 2 aromatic rings. The number of hydrogen-bond acceptors (Lipinski definition) is 3. The number of rotatable bonds is 3. The molecule has 1 heterocycles. The number of hydrogen-bond donors (Lipinski definition) is 2. The van der Waals surface area contributed by atoms with Crippen molar-refractivity contribution in [3.8, 4) is 0 Å². The molecule has 1 unspecified atom stereocenters. The predicted octanol–water partition coefficient (Wildman–Crippen LogP) is 2.59. The molecule has 0 aliphatic carbocycles. The van der Waals surface area contributed by atoms with Crippen LogP contribution in [0.3, 0.4) is 0 Å². The molecule has 1 aromatic heterocycles. The average molecular weight is 249 g/mol. The summed E-state index contributed by atoms with van der Waals surface area (Å²) >= 11 is 5.99. The van der Waals surface area contributed by atoms with Crippen molar-refractivity contribution in [2.75, 3.05) is 5.73 Å². The largest absolute Gasteiger partial charge is 0.398 e. The third-order valence-electron chi connectivity index (χ3n) is 2.62. The van der Waals surface area contributed by atoms with Gasteiger partial charge in [0.2, 0.25) is 0 Å². The van der Waals surface area contributed by atoms with Crippen molar-refractivity contribution in [2.45, 2.75) is 12.5 Å². The fourth-order valence-electron chi connectivity index (χ4n) is 1.70. The van der Waals surface area contributed by atoms with Crippen LogP contribution in [0.15, 0.2) is 42.7 Å². The van der Waals surface area contributed by atoms with Crippen molar-refractivity contribution < 1.29 is 5.11 Å². The van der Waals surface area contributed by atoms with E-state index in [1.165, 1.54) is 0 Å². The highest BCUT2D eigenvalue weighted by Crippen LogP contribution is 2.25. The van der Waals surface area contributed by atoms with Crippen LogP contribution in [0.25, 0.3) is 0 Å². The summed E-state index contributed by atoms with van der Waals surface area (Å²) in [5.41, 5.74) is 7.98. The number of nitrogens with two attached hydrogens (primary N) is 1. The van der Waals surface area contributed by atoms with E-state index in [-0.39, 0.29) is 0 Å². The summed E-state index contributed by atoms with van der Waals surface area (Å²) in [6.45, 7) is 0. The van der Waals surface area contributed by atoms with Gasteiger partial charge in [-0.3, -0.25) is 4.98 Å². The van der Waals surface area contributed by atoms with Crippen molar-refractivity contribution in [2.24, 2.45) is 0 Å². The van der Waals surface area contributed by atoms with Gasteiger partial charge in [-0.05, 0) is 17.7 Å². The molecule has 0 amide bonds. The normalized spacial score (nSPS) is 12.4. The number of aliphatic hydroxyl groups is 1. The molecule has 4 heteroatoms. The molecule has 1 atom stereocenters. The van der Waals surface area contributed by atoms with Crippen molar-refractivity contribution in [1.82, 2.24) is 4.98 Å². The zero-order valence-electron chi connectivity index (χ0n) is 9.18. The van der Waals surface area contributed by atoms with Gasteiger partial charge < -0.3 is 10.8 Å². The number of halogens is 1. The third-order valence-corrected chi connectivity index (χ3v) is 2.97. The maximum atomic E-state index is 10.1. The smallest absolute Gasteiger partial charge is 0.0850 e. The molecule has 2 rings (SSSR count). The quantitative estimate of drug-likeness (QED) is 0.821. The van der Waals surface area contributed by atoms with Crippen LogP contribution in [0, 0.1) is 0 Å². The van der Waals surface area contributed by atoms with Gasteiger partial charge in [0.1, 0.15) is 0 Å². The van der Waals surface area contributed by atoms with E-state index < -0.39 is 6.10 Å². The van der Waals surface area contributed by atoms with Gasteiger partial charge in [0.05, 0.1) is 11.1 Å². The monoisotopic (exact) mass is 248 g/mol. The molecule has 0 aliphatic rings. The van der Waals surface area contributed by atoms with Gasteiger partial charge in [-0.15, -0.1) is 0 Å². The zero-order valence-corrected chi connectivity index (χ0v) is 9.93. The average Bonchev–Trinajstić information content (AvgIpc) is 2.32. The number of pyridine rings is 1. The van der Waals surface area contributed by atoms with E-state index in [0.717, 1.165) is 11.1 Å². The standard InChI is InChI=1S/C13H13ClN2O/c14-11-8-16-6-5-9(11)7-13(17)10-3-1-2-4-12(10)15/h1-6,8,13,17H,7,15H2. The first-order valence-electron chi connectivity index (χ1n) is 5.29. The van der Waals surface area contributed by atoms with Crippen LogP contribution in [0.5, 0.6) is 0 Å². The van der Waals surface area contributed by atoms with E-state index in [4.69, 9.17) is 17.3 Å². The number of benzene rings is 1. The Morgan fingerprint density at radius 1 is 1.29 bits per heavy atom. The summed E-state index contributed by atoms with van der Waals surface area (Å²) in [7, 11) is 0. The molecule has 0 spiro atoms. The molecule has 0 saturated carbocycles. The Kier molecular flexibility index (Phi) is 3.61. The third kappa shape index (κ3) is 2.75. The minimum Gasteiger partial charge on any atom is -0.398 e. The fraction of sp³-hybridized carbons (Fsp3) is 0.154. The molecule has 88 valence electrons. The molecular weight excluding hydrogens is 236 g/mol. The molecular formula is C13H13ClN2O. The molecule has 0 aliphatic heterocycles. The number of aliphatic hydroxyl groups excluding tert-OH is 1. The first kappa shape index (κ1) is 11.9. The summed E-state index contributed by atoms with van der Waals surface area (Å²) in [6, 6.07) is 9.07. The summed E-state index contributed by atoms with van der Waals surface area (Å²) in [5, 5.41) is 10.7. The van der Waals surface area contributed by atoms with E-state index in [2.05, 4.69) is 4.98 Å². The van der Waals surface area contributed by atoms with E-state index in [0.29, 0.717) is 17.1 Å². The Balaban J connectivity index is 2.20. The van der Waals surface area contributed by atoms with E-state index >= 15 is 0 Å². The second-order valence-electron chi connectivity index (χ2n) is 3.82. The first-order chi connectivity index (χ1) is 8.18. The number of nitrogen functional groups attached to an aromatic ring is 1. The van der Waals surface area contributed by atoms with Crippen LogP contribution in [-0.4, -0.2) is 10.1 Å². The van der Waals surface area contributed by atoms with Gasteiger partial charge in [0, 0.05) is 30.1 Å². The van der Waals surface area contributed by atoms with Crippen molar-refractivity contribution >= 4 is 17.3 Å². The second-order valence-corrected chi connectivity index (χ2v) is 4.22. The van der Waals surface area contributed by atoms with Crippen LogP contribution in [0.1, 0.15) is 17.2 Å². The molecule has 1 aromatic carbocycles. The molecule has 3 N–H and O–H groups in total. The molecule has 0 saturated heterocycles. The highest BCUT2D eigenvalue weighted by atomic mass is 35.5. The topological polar surface area (TPSA) is 59.1 Å². The van der Waals surface area contributed by atoms with Crippen LogP contribution in [-0.2, 0) is 6.42 Å². The van der Waals surface area contributed by atoms with E-state index in [1.807, 2.05) is 18.2 Å². The zero-order chi connectivity index (χ0) is 12.3. The molecule has 0 radical (unpaired) electrons. The van der Waals surface area contributed by atoms with Crippen LogP contribution < -0.4 is 5.73 Å².